The summed E-state index contributed by atoms with van der Waals surface area (Å²) in [5, 5.41) is 2.98. The average molecular weight is 568 g/mol. The van der Waals surface area contributed by atoms with Gasteiger partial charge in [0.25, 0.3) is 11.8 Å². The lowest BCUT2D eigenvalue weighted by atomic mass is 9.99. The van der Waals surface area contributed by atoms with Gasteiger partial charge in [-0.05, 0) is 60.0 Å². The second kappa shape index (κ2) is 12.7. The molecule has 6 heteroatoms. The van der Waals surface area contributed by atoms with Crippen molar-refractivity contribution in [1.29, 1.82) is 0 Å². The van der Waals surface area contributed by atoms with Gasteiger partial charge in [-0.2, -0.15) is 0 Å². The van der Waals surface area contributed by atoms with Crippen LogP contribution in [0.4, 0.5) is 11.4 Å². The average Bonchev–Trinajstić information content (AvgIpc) is 3.06. The summed E-state index contributed by atoms with van der Waals surface area (Å²) in [5.41, 5.74) is 5.46. The molecule has 6 rings (SSSR count). The molecule has 0 unspecified atom stereocenters. The molecule has 0 saturated carbocycles. The molecule has 43 heavy (non-hydrogen) atoms. The fourth-order valence-electron chi connectivity index (χ4n) is 5.54. The largest absolute Gasteiger partial charge is 0.484 e. The van der Waals surface area contributed by atoms with Crippen LogP contribution in [-0.4, -0.2) is 18.4 Å². The number of amides is 2. The number of hydrogen-bond donors (Lipinski definition) is 1. The van der Waals surface area contributed by atoms with E-state index in [2.05, 4.69) is 22.3 Å². The normalized spacial score (nSPS) is 15.0. The van der Waals surface area contributed by atoms with E-state index in [9.17, 15) is 9.59 Å². The van der Waals surface area contributed by atoms with E-state index in [4.69, 9.17) is 4.74 Å². The van der Waals surface area contributed by atoms with Crippen molar-refractivity contribution in [2.75, 3.05) is 16.4 Å². The maximum atomic E-state index is 14.1. The Morgan fingerprint density at radius 3 is 2.07 bits per heavy atom. The van der Waals surface area contributed by atoms with Crippen molar-refractivity contribution < 1.29 is 14.3 Å². The van der Waals surface area contributed by atoms with Crippen LogP contribution in [0.5, 0.6) is 5.75 Å². The molecule has 0 aliphatic carbocycles. The maximum Gasteiger partial charge on any atom is 0.262 e. The second-order valence-corrected chi connectivity index (χ2v) is 10.6. The highest BCUT2D eigenvalue weighted by Crippen LogP contribution is 2.42. The van der Waals surface area contributed by atoms with Crippen molar-refractivity contribution in [3.63, 3.8) is 0 Å². The standard InChI is InChI=1S/C37H33N3O3/c1-27(29-15-7-3-8-16-29)38-35(41)26-43-32-23-21-30(22-24-32)36-39(25-28-13-5-2-6-14-28)34-20-12-11-19-33(34)37(42)40(36)31-17-9-4-10-18-31/h2-24,27,36H,25-26H2,1H3,(H,38,41)/t27-,36+/m1/s1. The summed E-state index contributed by atoms with van der Waals surface area (Å²) in [6, 6.07) is 45.2. The van der Waals surface area contributed by atoms with Gasteiger partial charge >= 0.3 is 0 Å². The van der Waals surface area contributed by atoms with E-state index in [0.717, 1.165) is 28.1 Å². The molecule has 5 aromatic carbocycles. The fourth-order valence-corrected chi connectivity index (χ4v) is 5.54. The number of ether oxygens (including phenoxy) is 1. The Bertz CT molecular complexity index is 1680. The third-order valence-electron chi connectivity index (χ3n) is 7.66. The predicted molar refractivity (Wildman–Crippen MR) is 170 cm³/mol. The van der Waals surface area contributed by atoms with E-state index in [-0.39, 0.29) is 24.5 Å². The van der Waals surface area contributed by atoms with Crippen LogP contribution < -0.4 is 19.9 Å². The number of nitrogens with zero attached hydrogens (tertiary/aromatic N) is 2. The number of hydrogen-bond acceptors (Lipinski definition) is 4. The first-order valence-electron chi connectivity index (χ1n) is 14.4. The Hall–Kier alpha value is -5.36. The van der Waals surface area contributed by atoms with Crippen LogP contribution >= 0.6 is 0 Å². The molecule has 0 radical (unpaired) electrons. The maximum absolute atomic E-state index is 14.1. The van der Waals surface area contributed by atoms with Gasteiger partial charge in [0.2, 0.25) is 0 Å². The number of anilines is 2. The Morgan fingerprint density at radius 1 is 0.767 bits per heavy atom. The highest BCUT2D eigenvalue weighted by molar-refractivity contribution is 6.12. The predicted octanol–water partition coefficient (Wildman–Crippen LogP) is 7.31. The van der Waals surface area contributed by atoms with Crippen LogP contribution in [-0.2, 0) is 11.3 Å². The van der Waals surface area contributed by atoms with Gasteiger partial charge in [-0.25, -0.2) is 0 Å². The first-order valence-corrected chi connectivity index (χ1v) is 14.4. The van der Waals surface area contributed by atoms with Gasteiger partial charge in [-0.15, -0.1) is 0 Å². The molecule has 214 valence electrons. The van der Waals surface area contributed by atoms with Crippen molar-refractivity contribution in [3.8, 4) is 5.75 Å². The van der Waals surface area contributed by atoms with Crippen LogP contribution in [0.15, 0.2) is 140 Å². The van der Waals surface area contributed by atoms with Crippen molar-refractivity contribution in [1.82, 2.24) is 5.32 Å². The smallest absolute Gasteiger partial charge is 0.262 e. The first kappa shape index (κ1) is 27.8. The molecule has 0 bridgehead atoms. The zero-order valence-corrected chi connectivity index (χ0v) is 24.0. The first-order chi connectivity index (χ1) is 21.1. The minimum absolute atomic E-state index is 0.0550. The monoisotopic (exact) mass is 567 g/mol. The van der Waals surface area contributed by atoms with E-state index in [1.54, 1.807) is 0 Å². The Morgan fingerprint density at radius 2 is 1.37 bits per heavy atom. The fraction of sp³-hybridized carbons (Fsp3) is 0.135. The summed E-state index contributed by atoms with van der Waals surface area (Å²) < 4.78 is 5.85. The second-order valence-electron chi connectivity index (χ2n) is 10.6. The summed E-state index contributed by atoms with van der Waals surface area (Å²) in [5.74, 6) is 0.328. The molecule has 0 fully saturated rings. The minimum atomic E-state index is -0.408. The van der Waals surface area contributed by atoms with Gasteiger partial charge in [-0.3, -0.25) is 14.5 Å². The molecule has 1 heterocycles. The molecule has 0 aromatic heterocycles. The molecule has 2 atom stereocenters. The Kier molecular flexibility index (Phi) is 8.18. The van der Waals surface area contributed by atoms with E-state index in [1.165, 1.54) is 0 Å². The van der Waals surface area contributed by atoms with Gasteiger partial charge in [0.15, 0.2) is 6.61 Å². The van der Waals surface area contributed by atoms with Gasteiger partial charge in [0.05, 0.1) is 17.3 Å². The summed E-state index contributed by atoms with van der Waals surface area (Å²) in [7, 11) is 0. The number of carbonyl (C=O) groups is 2. The molecular weight excluding hydrogens is 534 g/mol. The summed E-state index contributed by atoms with van der Waals surface area (Å²) in [4.78, 5) is 30.8. The molecule has 1 aliphatic rings. The van der Waals surface area contributed by atoms with Crippen molar-refractivity contribution in [2.45, 2.75) is 25.7 Å². The third kappa shape index (κ3) is 6.14. The van der Waals surface area contributed by atoms with Crippen molar-refractivity contribution >= 4 is 23.2 Å². The van der Waals surface area contributed by atoms with Gasteiger partial charge in [0.1, 0.15) is 11.9 Å². The quantitative estimate of drug-likeness (QED) is 0.203. The molecule has 0 spiro atoms. The Labute approximate surface area is 252 Å². The van der Waals surface area contributed by atoms with E-state index >= 15 is 0 Å². The molecular formula is C37H33N3O3. The third-order valence-corrected chi connectivity index (χ3v) is 7.66. The highest BCUT2D eigenvalue weighted by atomic mass is 16.5. The number of fused-ring (bicyclic) bond motifs is 1. The van der Waals surface area contributed by atoms with E-state index in [1.807, 2.05) is 139 Å². The summed E-state index contributed by atoms with van der Waals surface area (Å²) in [6.45, 7) is 2.46. The lowest BCUT2D eigenvalue weighted by Gasteiger charge is -2.46. The van der Waals surface area contributed by atoms with Gasteiger partial charge < -0.3 is 15.0 Å². The molecule has 2 amide bonds. The number of para-hydroxylation sites is 2. The molecule has 1 aliphatic heterocycles. The van der Waals surface area contributed by atoms with Gasteiger partial charge in [0, 0.05) is 12.2 Å². The zero-order valence-electron chi connectivity index (χ0n) is 24.0. The SMILES string of the molecule is C[C@@H](NC(=O)COc1ccc([C@H]2N(Cc3ccccc3)c3ccccc3C(=O)N2c2ccccc2)cc1)c1ccccc1. The van der Waals surface area contributed by atoms with E-state index < -0.39 is 6.17 Å². The van der Waals surface area contributed by atoms with Crippen molar-refractivity contribution in [3.05, 3.63) is 162 Å². The number of nitrogens with one attached hydrogen (secondary N) is 1. The number of rotatable bonds is 9. The molecule has 1 N–H and O–H groups in total. The number of benzene rings is 5. The van der Waals surface area contributed by atoms with Crippen LogP contribution in [0.3, 0.4) is 0 Å². The van der Waals surface area contributed by atoms with Crippen LogP contribution in [0.2, 0.25) is 0 Å². The number of carbonyl (C=O) groups excluding carboxylic acids is 2. The molecule has 0 saturated heterocycles. The lowest BCUT2D eigenvalue weighted by Crippen LogP contribution is -2.49. The Balaban J connectivity index is 1.28. The van der Waals surface area contributed by atoms with Crippen LogP contribution in [0.25, 0.3) is 0 Å². The lowest BCUT2D eigenvalue weighted by molar-refractivity contribution is -0.123. The summed E-state index contributed by atoms with van der Waals surface area (Å²) >= 11 is 0. The van der Waals surface area contributed by atoms with Gasteiger partial charge in [-0.1, -0.05) is 103 Å². The van der Waals surface area contributed by atoms with Crippen LogP contribution in [0, 0.1) is 0 Å². The minimum Gasteiger partial charge on any atom is -0.484 e. The zero-order chi connectivity index (χ0) is 29.6. The summed E-state index contributed by atoms with van der Waals surface area (Å²) in [6.07, 6.45) is -0.408. The van der Waals surface area contributed by atoms with E-state index in [0.29, 0.717) is 17.9 Å². The van der Waals surface area contributed by atoms with Crippen molar-refractivity contribution in [2.24, 2.45) is 0 Å². The molecule has 5 aromatic rings. The topological polar surface area (TPSA) is 61.9 Å². The van der Waals surface area contributed by atoms with Crippen LogP contribution in [0.1, 0.15) is 46.2 Å². The molecule has 6 nitrogen and oxygen atoms in total. The highest BCUT2D eigenvalue weighted by Gasteiger charge is 2.39.